The Morgan fingerprint density at radius 2 is 1.94 bits per heavy atom. The molecule has 1 aromatic carbocycles. The second kappa shape index (κ2) is 4.17. The second-order valence-electron chi connectivity index (χ2n) is 3.22. The zero-order chi connectivity index (χ0) is 12.5. The summed E-state index contributed by atoms with van der Waals surface area (Å²) in [5.41, 5.74) is -0.493. The fraction of sp³-hybridized carbons (Fsp3) is 0.222. The minimum Gasteiger partial charge on any atom is -0.481 e. The summed E-state index contributed by atoms with van der Waals surface area (Å²) in [6.45, 7) is 0. The lowest BCUT2D eigenvalue weighted by molar-refractivity contribution is -0.136. The van der Waals surface area contributed by atoms with Crippen molar-refractivity contribution in [2.24, 2.45) is 0 Å². The van der Waals surface area contributed by atoms with Gasteiger partial charge in [-0.3, -0.25) is 4.79 Å². The molecule has 0 aromatic heterocycles. The van der Waals surface area contributed by atoms with Crippen LogP contribution in [0.4, 0.5) is 8.78 Å². The summed E-state index contributed by atoms with van der Waals surface area (Å²) in [6, 6.07) is 1.19. The molecule has 0 radical (unpaired) electrons. The maximum Gasteiger partial charge on any atom is 0.307 e. The molecule has 0 fully saturated rings. The second-order valence-corrected chi connectivity index (χ2v) is 5.20. The van der Waals surface area contributed by atoms with Crippen molar-refractivity contribution < 1.29 is 27.1 Å². The van der Waals surface area contributed by atoms with E-state index in [4.69, 9.17) is 5.11 Å². The molecule has 1 N–H and O–H groups in total. The monoisotopic (exact) mass is 250 g/mol. The Morgan fingerprint density at radius 3 is 2.38 bits per heavy atom. The molecule has 0 bridgehead atoms. The maximum absolute atomic E-state index is 13.5. The Kier molecular flexibility index (Phi) is 3.27. The summed E-state index contributed by atoms with van der Waals surface area (Å²) >= 11 is 0. The Labute approximate surface area is 90.4 Å². The van der Waals surface area contributed by atoms with Gasteiger partial charge >= 0.3 is 5.97 Å². The van der Waals surface area contributed by atoms with E-state index < -0.39 is 44.3 Å². The largest absolute Gasteiger partial charge is 0.481 e. The minimum absolute atomic E-state index is 0.493. The van der Waals surface area contributed by atoms with Gasteiger partial charge in [-0.2, -0.15) is 0 Å². The van der Waals surface area contributed by atoms with Crippen LogP contribution < -0.4 is 0 Å². The third kappa shape index (κ3) is 2.75. The molecule has 7 heteroatoms. The highest BCUT2D eigenvalue weighted by molar-refractivity contribution is 7.90. The van der Waals surface area contributed by atoms with E-state index in [9.17, 15) is 22.0 Å². The Balaban J connectivity index is 3.44. The lowest BCUT2D eigenvalue weighted by Crippen LogP contribution is -2.08. The molecule has 0 spiro atoms. The van der Waals surface area contributed by atoms with Crippen molar-refractivity contribution in [3.63, 3.8) is 0 Å². The molecular formula is C9H8F2O4S. The molecule has 1 aromatic rings. The Morgan fingerprint density at radius 1 is 1.38 bits per heavy atom. The molecule has 1 rings (SSSR count). The van der Waals surface area contributed by atoms with Gasteiger partial charge in [-0.25, -0.2) is 17.2 Å². The van der Waals surface area contributed by atoms with Crippen LogP contribution in [0, 0.1) is 11.6 Å². The van der Waals surface area contributed by atoms with Gasteiger partial charge in [-0.15, -0.1) is 0 Å². The number of hydrogen-bond acceptors (Lipinski definition) is 3. The number of rotatable bonds is 3. The van der Waals surface area contributed by atoms with Gasteiger partial charge in [-0.1, -0.05) is 0 Å². The number of carboxylic acids is 1. The first-order valence-electron chi connectivity index (χ1n) is 4.11. The topological polar surface area (TPSA) is 71.4 Å². The number of carbonyl (C=O) groups is 1. The van der Waals surface area contributed by atoms with E-state index in [0.29, 0.717) is 12.1 Å². The average molecular weight is 250 g/mol. The quantitative estimate of drug-likeness (QED) is 0.868. The molecule has 4 nitrogen and oxygen atoms in total. The standard InChI is InChI=1S/C9H8F2O4S/c1-16(14,15)7-4-6(10)2-5(9(7)11)3-8(12)13/h2,4H,3H2,1H3,(H,12,13). The summed E-state index contributed by atoms with van der Waals surface area (Å²) < 4.78 is 48.6. The summed E-state index contributed by atoms with van der Waals surface area (Å²) in [5, 5.41) is 8.44. The lowest BCUT2D eigenvalue weighted by atomic mass is 10.1. The SMILES string of the molecule is CS(=O)(=O)c1cc(F)cc(CC(=O)O)c1F. The molecule has 88 valence electrons. The van der Waals surface area contributed by atoms with Crippen LogP contribution in [0.5, 0.6) is 0 Å². The van der Waals surface area contributed by atoms with Crippen molar-refractivity contribution in [1.82, 2.24) is 0 Å². The molecule has 0 aliphatic heterocycles. The molecule has 0 atom stereocenters. The van der Waals surface area contributed by atoms with Crippen molar-refractivity contribution >= 4 is 15.8 Å². The number of sulfone groups is 1. The number of halogens is 2. The van der Waals surface area contributed by atoms with E-state index in [1.807, 2.05) is 0 Å². The number of carboxylic acid groups (broad SMARTS) is 1. The first-order chi connectivity index (χ1) is 7.21. The van der Waals surface area contributed by atoms with E-state index in [1.54, 1.807) is 0 Å². The molecule has 0 unspecified atom stereocenters. The van der Waals surface area contributed by atoms with Gasteiger partial charge in [0.1, 0.15) is 16.5 Å². The molecular weight excluding hydrogens is 242 g/mol. The minimum atomic E-state index is -3.92. The van der Waals surface area contributed by atoms with Gasteiger partial charge in [0.15, 0.2) is 9.84 Å². The van der Waals surface area contributed by atoms with Gasteiger partial charge in [0.25, 0.3) is 0 Å². The highest BCUT2D eigenvalue weighted by Gasteiger charge is 2.20. The first-order valence-corrected chi connectivity index (χ1v) is 6.00. The van der Waals surface area contributed by atoms with Crippen LogP contribution in [0.25, 0.3) is 0 Å². The van der Waals surface area contributed by atoms with Crippen LogP contribution in [0.15, 0.2) is 17.0 Å². The van der Waals surface area contributed by atoms with E-state index in [-0.39, 0.29) is 0 Å². The van der Waals surface area contributed by atoms with Crippen LogP contribution in [-0.2, 0) is 21.1 Å². The number of benzene rings is 1. The van der Waals surface area contributed by atoms with Crippen LogP contribution in [0.3, 0.4) is 0 Å². The van der Waals surface area contributed by atoms with Gasteiger partial charge in [0.05, 0.1) is 6.42 Å². The fourth-order valence-corrected chi connectivity index (χ4v) is 1.96. The van der Waals surface area contributed by atoms with Crippen molar-refractivity contribution in [2.75, 3.05) is 6.26 Å². The highest BCUT2D eigenvalue weighted by atomic mass is 32.2. The van der Waals surface area contributed by atoms with Crippen molar-refractivity contribution in [3.05, 3.63) is 29.3 Å². The van der Waals surface area contributed by atoms with Crippen molar-refractivity contribution in [2.45, 2.75) is 11.3 Å². The van der Waals surface area contributed by atoms with E-state index in [1.165, 1.54) is 0 Å². The molecule has 0 heterocycles. The van der Waals surface area contributed by atoms with Gasteiger partial charge < -0.3 is 5.11 Å². The third-order valence-electron chi connectivity index (χ3n) is 1.82. The predicted octanol–water partition coefficient (Wildman–Crippen LogP) is 0.995. The van der Waals surface area contributed by atoms with E-state index in [0.717, 1.165) is 6.26 Å². The van der Waals surface area contributed by atoms with Crippen molar-refractivity contribution in [1.29, 1.82) is 0 Å². The molecule has 0 saturated heterocycles. The molecule has 0 aliphatic rings. The van der Waals surface area contributed by atoms with Crippen molar-refractivity contribution in [3.8, 4) is 0 Å². The summed E-state index contributed by atoms with van der Waals surface area (Å²) in [5.74, 6) is -3.58. The molecule has 0 saturated carbocycles. The summed E-state index contributed by atoms with van der Waals surface area (Å²) in [6.07, 6.45) is -0.0541. The van der Waals surface area contributed by atoms with E-state index in [2.05, 4.69) is 0 Å². The fourth-order valence-electron chi connectivity index (χ4n) is 1.18. The van der Waals surface area contributed by atoms with Crippen LogP contribution in [0.1, 0.15) is 5.56 Å². The predicted molar refractivity (Wildman–Crippen MR) is 50.8 cm³/mol. The maximum atomic E-state index is 13.5. The summed E-state index contributed by atoms with van der Waals surface area (Å²) in [7, 11) is -3.92. The normalized spacial score (nSPS) is 11.4. The van der Waals surface area contributed by atoms with Gasteiger partial charge in [-0.05, 0) is 12.1 Å². The van der Waals surface area contributed by atoms with E-state index >= 15 is 0 Å². The molecule has 16 heavy (non-hydrogen) atoms. The molecule has 0 amide bonds. The molecule has 0 aliphatic carbocycles. The zero-order valence-corrected chi connectivity index (χ0v) is 9.01. The third-order valence-corrected chi connectivity index (χ3v) is 2.92. The number of hydrogen-bond donors (Lipinski definition) is 1. The van der Waals surface area contributed by atoms with Gasteiger partial charge in [0.2, 0.25) is 0 Å². The zero-order valence-electron chi connectivity index (χ0n) is 8.20. The number of aliphatic carboxylic acids is 1. The van der Waals surface area contributed by atoms with Crippen LogP contribution in [-0.4, -0.2) is 25.7 Å². The van der Waals surface area contributed by atoms with Crippen LogP contribution in [0.2, 0.25) is 0 Å². The van der Waals surface area contributed by atoms with Crippen LogP contribution >= 0.6 is 0 Å². The smallest absolute Gasteiger partial charge is 0.307 e. The first kappa shape index (κ1) is 12.6. The lowest BCUT2D eigenvalue weighted by Gasteiger charge is -2.05. The Bertz CT molecular complexity index is 537. The summed E-state index contributed by atoms with van der Waals surface area (Å²) in [4.78, 5) is 9.52. The van der Waals surface area contributed by atoms with Gasteiger partial charge in [0, 0.05) is 11.8 Å². The average Bonchev–Trinajstić information content (AvgIpc) is 2.07. The Hall–Kier alpha value is -1.50. The highest BCUT2D eigenvalue weighted by Crippen LogP contribution is 2.20.